The van der Waals surface area contributed by atoms with Gasteiger partial charge in [0.2, 0.25) is 0 Å². The Balaban J connectivity index is 1.50. The van der Waals surface area contributed by atoms with E-state index >= 15 is 0 Å². The van der Waals surface area contributed by atoms with Gasteiger partial charge >= 0.3 is 5.97 Å². The number of benzene rings is 2. The van der Waals surface area contributed by atoms with Gasteiger partial charge in [0.05, 0.1) is 26.7 Å². The molecule has 1 N–H and O–H groups in total. The third-order valence-corrected chi connectivity index (χ3v) is 5.06. The van der Waals surface area contributed by atoms with E-state index in [-0.39, 0.29) is 38.4 Å². The van der Waals surface area contributed by atoms with Crippen molar-refractivity contribution in [1.82, 2.24) is 0 Å². The number of halogens is 4. The van der Waals surface area contributed by atoms with Crippen molar-refractivity contribution in [1.29, 1.82) is 0 Å². The molecule has 2 atom stereocenters. The first kappa shape index (κ1) is 19.0. The summed E-state index contributed by atoms with van der Waals surface area (Å²) < 4.78 is 18.0. The first-order chi connectivity index (χ1) is 12.3. The molecule has 1 amide bonds. The van der Waals surface area contributed by atoms with Crippen molar-refractivity contribution in [3.8, 4) is 0 Å². The van der Waals surface area contributed by atoms with Gasteiger partial charge in [-0.05, 0) is 42.2 Å². The van der Waals surface area contributed by atoms with Crippen LogP contribution >= 0.6 is 34.8 Å². The van der Waals surface area contributed by atoms with Crippen molar-refractivity contribution in [2.24, 2.45) is 5.92 Å². The van der Waals surface area contributed by atoms with Crippen LogP contribution in [-0.4, -0.2) is 18.5 Å². The van der Waals surface area contributed by atoms with E-state index in [2.05, 4.69) is 5.32 Å². The number of amides is 1. The standard InChI is InChI=1S/C18H13Cl3FNO3/c19-13-6-15(21)16(7-14(13)20)23-17(24)8-26-18(25)12-5-11(12)9-1-3-10(22)4-2-9/h1-4,6-7,11-12H,5,8H2,(H,23,24). The molecule has 2 aromatic rings. The maximum absolute atomic E-state index is 12.9. The highest BCUT2D eigenvalue weighted by molar-refractivity contribution is 6.44. The van der Waals surface area contributed by atoms with Crippen LogP contribution < -0.4 is 5.32 Å². The number of ether oxygens (including phenoxy) is 1. The number of rotatable bonds is 5. The predicted octanol–water partition coefficient (Wildman–Crippen LogP) is 5.07. The second-order valence-electron chi connectivity index (χ2n) is 5.90. The summed E-state index contributed by atoms with van der Waals surface area (Å²) in [5.74, 6) is -1.66. The third-order valence-electron chi connectivity index (χ3n) is 4.02. The number of carbonyl (C=O) groups is 2. The molecule has 1 aliphatic carbocycles. The molecule has 8 heteroatoms. The fourth-order valence-electron chi connectivity index (χ4n) is 2.58. The summed E-state index contributed by atoms with van der Waals surface area (Å²) in [6.45, 7) is -0.442. The minimum atomic E-state index is -0.544. The highest BCUT2D eigenvalue weighted by Crippen LogP contribution is 2.48. The number of hydrogen-bond donors (Lipinski definition) is 1. The molecule has 0 aromatic heterocycles. The molecule has 0 spiro atoms. The van der Waals surface area contributed by atoms with Gasteiger partial charge in [-0.3, -0.25) is 9.59 Å². The Morgan fingerprint density at radius 3 is 2.42 bits per heavy atom. The smallest absolute Gasteiger partial charge is 0.310 e. The largest absolute Gasteiger partial charge is 0.455 e. The molecule has 1 saturated carbocycles. The summed E-state index contributed by atoms with van der Waals surface area (Å²) in [5, 5.41) is 3.23. The number of esters is 1. The summed E-state index contributed by atoms with van der Waals surface area (Å²) in [5.41, 5.74) is 1.15. The van der Waals surface area contributed by atoms with Crippen LogP contribution in [-0.2, 0) is 14.3 Å². The predicted molar refractivity (Wildman–Crippen MR) is 98.3 cm³/mol. The van der Waals surface area contributed by atoms with E-state index in [0.29, 0.717) is 6.42 Å². The van der Waals surface area contributed by atoms with Gasteiger partial charge in [-0.2, -0.15) is 0 Å². The van der Waals surface area contributed by atoms with Crippen LogP contribution in [0.15, 0.2) is 36.4 Å². The van der Waals surface area contributed by atoms with Gasteiger partial charge < -0.3 is 10.1 Å². The second-order valence-corrected chi connectivity index (χ2v) is 7.12. The zero-order valence-electron chi connectivity index (χ0n) is 13.3. The van der Waals surface area contributed by atoms with E-state index < -0.39 is 18.5 Å². The Morgan fingerprint density at radius 2 is 1.73 bits per heavy atom. The van der Waals surface area contributed by atoms with Crippen molar-refractivity contribution in [3.63, 3.8) is 0 Å². The summed E-state index contributed by atoms with van der Waals surface area (Å²) >= 11 is 17.7. The average Bonchev–Trinajstić information content (AvgIpc) is 3.39. The van der Waals surface area contributed by atoms with Crippen LogP contribution in [0.4, 0.5) is 10.1 Å². The fourth-order valence-corrected chi connectivity index (χ4v) is 3.18. The molecular formula is C18H13Cl3FNO3. The lowest BCUT2D eigenvalue weighted by atomic mass is 10.1. The Labute approximate surface area is 164 Å². The molecule has 0 radical (unpaired) electrons. The van der Waals surface area contributed by atoms with Crippen LogP contribution in [0.5, 0.6) is 0 Å². The molecule has 0 bridgehead atoms. The molecule has 0 aliphatic heterocycles. The maximum atomic E-state index is 12.9. The first-order valence-electron chi connectivity index (χ1n) is 7.71. The van der Waals surface area contributed by atoms with E-state index in [1.165, 1.54) is 24.3 Å². The van der Waals surface area contributed by atoms with Gasteiger partial charge in [0.25, 0.3) is 5.91 Å². The quantitative estimate of drug-likeness (QED) is 0.547. The Kier molecular flexibility index (Phi) is 5.70. The average molecular weight is 417 g/mol. The van der Waals surface area contributed by atoms with E-state index in [4.69, 9.17) is 39.5 Å². The third kappa shape index (κ3) is 4.47. The van der Waals surface area contributed by atoms with Crippen molar-refractivity contribution in [2.75, 3.05) is 11.9 Å². The summed E-state index contributed by atoms with van der Waals surface area (Å²) in [4.78, 5) is 24.0. The lowest BCUT2D eigenvalue weighted by Gasteiger charge is -2.09. The van der Waals surface area contributed by atoms with Gasteiger partial charge in [-0.1, -0.05) is 46.9 Å². The SMILES string of the molecule is O=C(COC(=O)C1CC1c1ccc(F)cc1)Nc1cc(Cl)c(Cl)cc1Cl. The topological polar surface area (TPSA) is 55.4 Å². The molecule has 1 fully saturated rings. The second kappa shape index (κ2) is 7.82. The molecular weight excluding hydrogens is 404 g/mol. The molecule has 26 heavy (non-hydrogen) atoms. The van der Waals surface area contributed by atoms with Gasteiger partial charge in [0.15, 0.2) is 6.61 Å². The number of hydrogen-bond acceptors (Lipinski definition) is 3. The first-order valence-corrected chi connectivity index (χ1v) is 8.85. The summed E-state index contributed by atoms with van der Waals surface area (Å²) in [6, 6.07) is 8.81. The molecule has 2 unspecified atom stereocenters. The zero-order chi connectivity index (χ0) is 18.8. The molecule has 4 nitrogen and oxygen atoms in total. The minimum absolute atomic E-state index is 0.00400. The van der Waals surface area contributed by atoms with Crippen molar-refractivity contribution >= 4 is 52.4 Å². The highest BCUT2D eigenvalue weighted by atomic mass is 35.5. The lowest BCUT2D eigenvalue weighted by molar-refractivity contribution is -0.148. The molecule has 0 saturated heterocycles. The Hall–Kier alpha value is -1.82. The Morgan fingerprint density at radius 1 is 1.08 bits per heavy atom. The minimum Gasteiger partial charge on any atom is -0.455 e. The van der Waals surface area contributed by atoms with Gasteiger partial charge in [0, 0.05) is 0 Å². The molecule has 1 aliphatic rings. The van der Waals surface area contributed by atoms with Crippen LogP contribution in [0.3, 0.4) is 0 Å². The van der Waals surface area contributed by atoms with Crippen LogP contribution in [0.1, 0.15) is 17.9 Å². The molecule has 3 rings (SSSR count). The highest BCUT2D eigenvalue weighted by Gasteiger charge is 2.45. The number of carbonyl (C=O) groups excluding carboxylic acids is 2. The van der Waals surface area contributed by atoms with Crippen molar-refractivity contribution < 1.29 is 18.7 Å². The monoisotopic (exact) mass is 415 g/mol. The maximum Gasteiger partial charge on any atom is 0.310 e. The van der Waals surface area contributed by atoms with E-state index in [1.54, 1.807) is 12.1 Å². The zero-order valence-corrected chi connectivity index (χ0v) is 15.5. The van der Waals surface area contributed by atoms with Gasteiger partial charge in [0.1, 0.15) is 5.82 Å². The normalized spacial score (nSPS) is 18.3. The van der Waals surface area contributed by atoms with E-state index in [9.17, 15) is 14.0 Å². The fraction of sp³-hybridized carbons (Fsp3) is 0.222. The van der Waals surface area contributed by atoms with Crippen LogP contribution in [0, 0.1) is 11.7 Å². The van der Waals surface area contributed by atoms with Crippen molar-refractivity contribution in [2.45, 2.75) is 12.3 Å². The van der Waals surface area contributed by atoms with E-state index in [1.807, 2.05) is 0 Å². The van der Waals surface area contributed by atoms with Crippen LogP contribution in [0.25, 0.3) is 0 Å². The summed E-state index contributed by atoms with van der Waals surface area (Å²) in [7, 11) is 0. The number of nitrogens with one attached hydrogen (secondary N) is 1. The Bertz CT molecular complexity index is 858. The van der Waals surface area contributed by atoms with Crippen molar-refractivity contribution in [3.05, 3.63) is 62.8 Å². The van der Waals surface area contributed by atoms with Gasteiger partial charge in [-0.15, -0.1) is 0 Å². The lowest BCUT2D eigenvalue weighted by Crippen LogP contribution is -2.22. The molecule has 0 heterocycles. The van der Waals surface area contributed by atoms with Gasteiger partial charge in [-0.25, -0.2) is 4.39 Å². The molecule has 2 aromatic carbocycles. The number of anilines is 1. The summed E-state index contributed by atoms with van der Waals surface area (Å²) in [6.07, 6.45) is 0.616. The van der Waals surface area contributed by atoms with E-state index in [0.717, 1.165) is 5.56 Å². The molecule has 136 valence electrons. The van der Waals surface area contributed by atoms with Crippen LogP contribution in [0.2, 0.25) is 15.1 Å².